The van der Waals surface area contributed by atoms with Crippen LogP contribution in [-0.2, 0) is 23.1 Å². The van der Waals surface area contributed by atoms with E-state index in [1.165, 1.54) is 0 Å². The number of carboxylic acid groups (broad SMARTS) is 1. The van der Waals surface area contributed by atoms with Crippen LogP contribution in [0.1, 0.15) is 12.0 Å². The van der Waals surface area contributed by atoms with Crippen molar-refractivity contribution in [2.75, 3.05) is 19.8 Å². The van der Waals surface area contributed by atoms with Crippen molar-refractivity contribution in [3.8, 4) is 0 Å². The molecule has 2 heterocycles. The molecule has 1 aliphatic heterocycles. The number of aryl methyl sites for hydroxylation is 1. The fourth-order valence-electron chi connectivity index (χ4n) is 3.11. The summed E-state index contributed by atoms with van der Waals surface area (Å²) in [7, 11) is 1.77. The molecule has 1 N–H and O–H groups in total. The lowest BCUT2D eigenvalue weighted by Gasteiger charge is -2.34. The molecule has 0 amide bonds. The highest BCUT2D eigenvalue weighted by Gasteiger charge is 2.26. The van der Waals surface area contributed by atoms with Crippen LogP contribution in [0.2, 0.25) is 0 Å². The number of hydrogen-bond donors (Lipinski definition) is 1. The number of aliphatic carboxylic acids is 1. The standard InChI is InChI=1S/C17H20N2O4/c1-18-15-5-3-2-4-12(15)8-13(17(18)22)10-19-6-7-23-11-14(19)9-16(20)21/h2-5,8,14H,6-7,9-11H2,1H3,(H,20,21)/t14-/m1/s1. The molecule has 1 saturated heterocycles. The molecule has 0 radical (unpaired) electrons. The normalized spacial score (nSPS) is 19.1. The van der Waals surface area contributed by atoms with E-state index < -0.39 is 5.97 Å². The van der Waals surface area contributed by atoms with Crippen LogP contribution in [0.5, 0.6) is 0 Å². The van der Waals surface area contributed by atoms with Gasteiger partial charge < -0.3 is 14.4 Å². The van der Waals surface area contributed by atoms with Crippen LogP contribution in [0.3, 0.4) is 0 Å². The Morgan fingerprint density at radius 3 is 2.96 bits per heavy atom. The molecule has 2 aromatic rings. The van der Waals surface area contributed by atoms with Crippen molar-refractivity contribution >= 4 is 16.9 Å². The topological polar surface area (TPSA) is 71.8 Å². The first-order valence-corrected chi connectivity index (χ1v) is 7.67. The van der Waals surface area contributed by atoms with Crippen LogP contribution in [-0.4, -0.2) is 46.3 Å². The van der Waals surface area contributed by atoms with Crippen LogP contribution in [0.25, 0.3) is 10.9 Å². The van der Waals surface area contributed by atoms with E-state index in [4.69, 9.17) is 9.84 Å². The van der Waals surface area contributed by atoms with Crippen LogP contribution in [0.15, 0.2) is 35.1 Å². The number of pyridine rings is 1. The van der Waals surface area contributed by atoms with Gasteiger partial charge in [0.05, 0.1) is 25.2 Å². The molecule has 1 atom stereocenters. The average molecular weight is 316 g/mol. The maximum atomic E-state index is 12.6. The first-order valence-electron chi connectivity index (χ1n) is 7.67. The fraction of sp³-hybridized carbons (Fsp3) is 0.412. The minimum atomic E-state index is -0.850. The number of morpholine rings is 1. The van der Waals surface area contributed by atoms with Crippen molar-refractivity contribution in [3.05, 3.63) is 46.2 Å². The Hall–Kier alpha value is -2.18. The van der Waals surface area contributed by atoms with Crippen molar-refractivity contribution in [2.45, 2.75) is 19.0 Å². The predicted molar refractivity (Wildman–Crippen MR) is 86.5 cm³/mol. The minimum absolute atomic E-state index is 0.0217. The summed E-state index contributed by atoms with van der Waals surface area (Å²) in [6, 6.07) is 9.46. The molecule has 23 heavy (non-hydrogen) atoms. The smallest absolute Gasteiger partial charge is 0.305 e. The van der Waals surface area contributed by atoms with E-state index in [0.717, 1.165) is 10.9 Å². The first kappa shape index (κ1) is 15.7. The second-order valence-electron chi connectivity index (χ2n) is 5.89. The molecule has 1 aromatic carbocycles. The quantitative estimate of drug-likeness (QED) is 0.918. The third kappa shape index (κ3) is 3.28. The SMILES string of the molecule is Cn1c(=O)c(CN2CCOC[C@H]2CC(=O)O)cc2ccccc21. The van der Waals surface area contributed by atoms with Crippen molar-refractivity contribution < 1.29 is 14.6 Å². The van der Waals surface area contributed by atoms with E-state index in [0.29, 0.717) is 31.9 Å². The van der Waals surface area contributed by atoms with E-state index in [2.05, 4.69) is 0 Å². The maximum absolute atomic E-state index is 12.6. The molecule has 1 fully saturated rings. The number of hydrogen-bond acceptors (Lipinski definition) is 4. The van der Waals surface area contributed by atoms with Crippen molar-refractivity contribution in [2.24, 2.45) is 7.05 Å². The Labute approximate surface area is 133 Å². The van der Waals surface area contributed by atoms with Gasteiger partial charge in [0.15, 0.2) is 0 Å². The highest BCUT2D eigenvalue weighted by atomic mass is 16.5. The van der Waals surface area contributed by atoms with Gasteiger partial charge in [-0.3, -0.25) is 14.5 Å². The van der Waals surface area contributed by atoms with E-state index in [9.17, 15) is 9.59 Å². The van der Waals surface area contributed by atoms with Crippen LogP contribution in [0, 0.1) is 0 Å². The molecule has 0 spiro atoms. The summed E-state index contributed by atoms with van der Waals surface area (Å²) >= 11 is 0. The Bertz CT molecular complexity index is 784. The van der Waals surface area contributed by atoms with Gasteiger partial charge in [0.1, 0.15) is 0 Å². The van der Waals surface area contributed by atoms with Crippen molar-refractivity contribution in [1.29, 1.82) is 0 Å². The average Bonchev–Trinajstić information content (AvgIpc) is 2.54. The van der Waals surface area contributed by atoms with Crippen LogP contribution in [0.4, 0.5) is 0 Å². The molecule has 122 valence electrons. The summed E-state index contributed by atoms with van der Waals surface area (Å²) in [5, 5.41) is 10.0. The van der Waals surface area contributed by atoms with Gasteiger partial charge >= 0.3 is 5.97 Å². The molecule has 0 saturated carbocycles. The van der Waals surface area contributed by atoms with Gasteiger partial charge in [-0.2, -0.15) is 0 Å². The van der Waals surface area contributed by atoms with Crippen LogP contribution < -0.4 is 5.56 Å². The zero-order valence-electron chi connectivity index (χ0n) is 13.1. The van der Waals surface area contributed by atoms with Gasteiger partial charge in [-0.25, -0.2) is 0 Å². The molecule has 6 nitrogen and oxygen atoms in total. The maximum Gasteiger partial charge on any atom is 0.305 e. The molecule has 0 unspecified atom stereocenters. The van der Waals surface area contributed by atoms with Crippen molar-refractivity contribution in [3.63, 3.8) is 0 Å². The summed E-state index contributed by atoms with van der Waals surface area (Å²) in [6.07, 6.45) is 0.0217. The minimum Gasteiger partial charge on any atom is -0.481 e. The highest BCUT2D eigenvalue weighted by Crippen LogP contribution is 2.17. The van der Waals surface area contributed by atoms with Crippen molar-refractivity contribution in [1.82, 2.24) is 9.47 Å². The lowest BCUT2D eigenvalue weighted by Crippen LogP contribution is -2.46. The fourth-order valence-corrected chi connectivity index (χ4v) is 3.11. The molecule has 0 aliphatic carbocycles. The van der Waals surface area contributed by atoms with E-state index >= 15 is 0 Å². The number of fused-ring (bicyclic) bond motifs is 1. The van der Waals surface area contributed by atoms with Gasteiger partial charge in [0, 0.05) is 31.7 Å². The number of nitrogens with zero attached hydrogens (tertiary/aromatic N) is 2. The van der Waals surface area contributed by atoms with Gasteiger partial charge in [0.2, 0.25) is 0 Å². The second kappa shape index (κ2) is 6.52. The number of ether oxygens (including phenoxy) is 1. The molecule has 1 aromatic heterocycles. The number of carboxylic acids is 1. The largest absolute Gasteiger partial charge is 0.481 e. The zero-order chi connectivity index (χ0) is 16.4. The Kier molecular flexibility index (Phi) is 4.45. The Morgan fingerprint density at radius 1 is 1.39 bits per heavy atom. The third-order valence-corrected chi connectivity index (χ3v) is 4.34. The summed E-state index contributed by atoms with van der Waals surface area (Å²) < 4.78 is 7.04. The number of carbonyl (C=O) groups is 1. The molecule has 3 rings (SSSR count). The summed E-state index contributed by atoms with van der Waals surface area (Å²) in [6.45, 7) is 2.02. The second-order valence-corrected chi connectivity index (χ2v) is 5.89. The lowest BCUT2D eigenvalue weighted by molar-refractivity contribution is -0.140. The third-order valence-electron chi connectivity index (χ3n) is 4.34. The summed E-state index contributed by atoms with van der Waals surface area (Å²) in [5.74, 6) is -0.850. The van der Waals surface area contributed by atoms with Crippen LogP contribution >= 0.6 is 0 Å². The van der Waals surface area contributed by atoms with Gasteiger partial charge in [-0.15, -0.1) is 0 Å². The summed E-state index contributed by atoms with van der Waals surface area (Å²) in [5.41, 5.74) is 1.54. The summed E-state index contributed by atoms with van der Waals surface area (Å²) in [4.78, 5) is 25.6. The molecular formula is C17H20N2O4. The number of rotatable bonds is 4. The van der Waals surface area contributed by atoms with Gasteiger partial charge in [0.25, 0.3) is 5.56 Å². The Morgan fingerprint density at radius 2 is 2.17 bits per heavy atom. The zero-order valence-corrected chi connectivity index (χ0v) is 13.1. The predicted octanol–water partition coefficient (Wildman–Crippen LogP) is 1.21. The van der Waals surface area contributed by atoms with Gasteiger partial charge in [-0.05, 0) is 17.5 Å². The molecule has 1 aliphatic rings. The van der Waals surface area contributed by atoms with E-state index in [1.54, 1.807) is 11.6 Å². The van der Waals surface area contributed by atoms with E-state index in [1.807, 2.05) is 35.2 Å². The molecular weight excluding hydrogens is 296 g/mol. The highest BCUT2D eigenvalue weighted by molar-refractivity contribution is 5.79. The number of benzene rings is 1. The lowest BCUT2D eigenvalue weighted by atomic mass is 10.1. The number of para-hydroxylation sites is 1. The monoisotopic (exact) mass is 316 g/mol. The van der Waals surface area contributed by atoms with E-state index in [-0.39, 0.29) is 18.0 Å². The first-order chi connectivity index (χ1) is 11.1. The molecule has 6 heteroatoms. The molecule has 0 bridgehead atoms. The number of aromatic nitrogens is 1. The van der Waals surface area contributed by atoms with Gasteiger partial charge in [-0.1, -0.05) is 18.2 Å². The Balaban J connectivity index is 1.92.